The summed E-state index contributed by atoms with van der Waals surface area (Å²) in [6.45, 7) is 6.35. The zero-order valence-corrected chi connectivity index (χ0v) is 18.2. The molecule has 3 aromatic rings. The van der Waals surface area contributed by atoms with E-state index in [1.807, 2.05) is 36.4 Å². The Morgan fingerprint density at radius 1 is 0.871 bits per heavy atom. The summed E-state index contributed by atoms with van der Waals surface area (Å²) in [5, 5.41) is 10.1. The first-order valence-corrected chi connectivity index (χ1v) is 10.9. The zero-order chi connectivity index (χ0) is 21.8. The van der Waals surface area contributed by atoms with E-state index in [4.69, 9.17) is 4.74 Å². The van der Waals surface area contributed by atoms with Crippen molar-refractivity contribution >= 4 is 11.4 Å². The number of ether oxygens (including phenoxy) is 1. The fourth-order valence-corrected chi connectivity index (χ4v) is 4.02. The van der Waals surface area contributed by atoms with Crippen molar-refractivity contribution in [3.8, 4) is 17.3 Å². The van der Waals surface area contributed by atoms with Crippen LogP contribution in [-0.2, 0) is 6.54 Å². The molecule has 2 aromatic carbocycles. The number of aromatic nitrogens is 2. The molecule has 1 N–H and O–H groups in total. The molecule has 164 valence electrons. The highest BCUT2D eigenvalue weighted by atomic mass is 16.5. The van der Waals surface area contributed by atoms with E-state index in [0.717, 1.165) is 56.1 Å². The molecule has 1 fully saturated rings. The van der Waals surface area contributed by atoms with Gasteiger partial charge in [0.2, 0.25) is 5.88 Å². The lowest BCUT2D eigenvalue weighted by Crippen LogP contribution is -2.46. The van der Waals surface area contributed by atoms with Crippen molar-refractivity contribution < 1.29 is 9.84 Å². The van der Waals surface area contributed by atoms with Crippen LogP contribution in [0.2, 0.25) is 0 Å². The Kier molecular flexibility index (Phi) is 6.21. The Morgan fingerprint density at radius 2 is 1.39 bits per heavy atom. The van der Waals surface area contributed by atoms with Gasteiger partial charge >= 0.3 is 5.69 Å². The maximum absolute atomic E-state index is 12.6. The second-order valence-corrected chi connectivity index (χ2v) is 7.83. The molecule has 1 aliphatic rings. The number of piperazine rings is 1. The minimum atomic E-state index is -0.202. The van der Waals surface area contributed by atoms with Gasteiger partial charge in [0.15, 0.2) is 0 Å². The quantitative estimate of drug-likeness (QED) is 0.632. The van der Waals surface area contributed by atoms with Gasteiger partial charge in [-0.05, 0) is 55.0 Å². The first kappa shape index (κ1) is 20.9. The van der Waals surface area contributed by atoms with Gasteiger partial charge in [-0.1, -0.05) is 13.3 Å². The summed E-state index contributed by atoms with van der Waals surface area (Å²) in [7, 11) is 1.68. The minimum Gasteiger partial charge on any atom is -0.497 e. The van der Waals surface area contributed by atoms with Gasteiger partial charge in [-0.15, -0.1) is 0 Å². The minimum absolute atomic E-state index is 0.0113. The summed E-state index contributed by atoms with van der Waals surface area (Å²) >= 11 is 0. The summed E-state index contributed by atoms with van der Waals surface area (Å²) in [4.78, 5) is 17.4. The molecule has 1 saturated heterocycles. The van der Waals surface area contributed by atoms with E-state index in [-0.39, 0.29) is 11.6 Å². The standard InChI is InChI=1S/C24H30N4O3/c1-3-4-13-27-23(29)18-28(24(27)30)21-7-5-19(6-8-21)25-14-16-26(17-15-25)20-9-11-22(31-2)12-10-20/h5-12,18,29H,3-4,13-17H2,1-2H3. The smallest absolute Gasteiger partial charge is 0.335 e. The molecule has 2 heterocycles. The van der Waals surface area contributed by atoms with Gasteiger partial charge in [-0.3, -0.25) is 9.13 Å². The van der Waals surface area contributed by atoms with Crippen molar-refractivity contribution in [3.63, 3.8) is 0 Å². The van der Waals surface area contributed by atoms with Crippen molar-refractivity contribution in [1.29, 1.82) is 0 Å². The molecule has 0 unspecified atom stereocenters. The maximum Gasteiger partial charge on any atom is 0.335 e. The Labute approximate surface area is 182 Å². The maximum atomic E-state index is 12.6. The summed E-state index contributed by atoms with van der Waals surface area (Å²) in [5.41, 5.74) is 2.91. The monoisotopic (exact) mass is 422 g/mol. The number of methoxy groups -OCH3 is 1. The van der Waals surface area contributed by atoms with Crippen LogP contribution in [0, 0.1) is 0 Å². The van der Waals surface area contributed by atoms with E-state index >= 15 is 0 Å². The van der Waals surface area contributed by atoms with E-state index < -0.39 is 0 Å². The van der Waals surface area contributed by atoms with Gasteiger partial charge in [0.05, 0.1) is 19.0 Å². The molecule has 1 aromatic heterocycles. The molecular weight excluding hydrogens is 392 g/mol. The van der Waals surface area contributed by atoms with E-state index in [2.05, 4.69) is 28.9 Å². The Hall–Kier alpha value is -3.35. The Balaban J connectivity index is 1.42. The zero-order valence-electron chi connectivity index (χ0n) is 18.2. The average Bonchev–Trinajstić information content (AvgIpc) is 3.11. The van der Waals surface area contributed by atoms with E-state index in [1.54, 1.807) is 7.11 Å². The van der Waals surface area contributed by atoms with Gasteiger partial charge in [-0.2, -0.15) is 0 Å². The number of anilines is 2. The lowest BCUT2D eigenvalue weighted by Gasteiger charge is -2.37. The highest BCUT2D eigenvalue weighted by Gasteiger charge is 2.18. The number of aromatic hydroxyl groups is 1. The molecule has 1 aliphatic heterocycles. The third-order valence-corrected chi connectivity index (χ3v) is 5.90. The van der Waals surface area contributed by atoms with E-state index in [1.165, 1.54) is 21.0 Å². The average molecular weight is 423 g/mol. The number of imidazole rings is 1. The number of hydrogen-bond donors (Lipinski definition) is 1. The summed E-state index contributed by atoms with van der Waals surface area (Å²) < 4.78 is 8.18. The van der Waals surface area contributed by atoms with Gasteiger partial charge in [-0.25, -0.2) is 4.79 Å². The van der Waals surface area contributed by atoms with Crippen LogP contribution in [0.25, 0.3) is 5.69 Å². The predicted octanol–water partition coefficient (Wildman–Crippen LogP) is 3.48. The second-order valence-electron chi connectivity index (χ2n) is 7.83. The third kappa shape index (κ3) is 4.40. The number of hydrogen-bond acceptors (Lipinski definition) is 5. The molecule has 0 amide bonds. The fraction of sp³-hybridized carbons (Fsp3) is 0.375. The number of unbranched alkanes of at least 4 members (excludes halogenated alkanes) is 1. The first-order chi connectivity index (χ1) is 15.1. The molecule has 0 spiro atoms. The second kappa shape index (κ2) is 9.20. The van der Waals surface area contributed by atoms with Crippen molar-refractivity contribution in [3.05, 3.63) is 65.2 Å². The highest BCUT2D eigenvalue weighted by Crippen LogP contribution is 2.24. The van der Waals surface area contributed by atoms with Crippen molar-refractivity contribution in [2.75, 3.05) is 43.1 Å². The predicted molar refractivity (Wildman–Crippen MR) is 124 cm³/mol. The van der Waals surface area contributed by atoms with Crippen LogP contribution in [0.3, 0.4) is 0 Å². The topological polar surface area (TPSA) is 62.9 Å². The van der Waals surface area contributed by atoms with Gasteiger partial charge in [0.1, 0.15) is 5.75 Å². The molecule has 0 saturated carbocycles. The van der Waals surface area contributed by atoms with Crippen LogP contribution in [0.1, 0.15) is 19.8 Å². The SMILES string of the molecule is CCCCn1c(O)cn(-c2ccc(N3CCN(c4ccc(OC)cc4)CC3)cc2)c1=O. The lowest BCUT2D eigenvalue weighted by molar-refractivity contribution is 0.408. The van der Waals surface area contributed by atoms with E-state index in [0.29, 0.717) is 6.54 Å². The van der Waals surface area contributed by atoms with Crippen LogP contribution < -0.4 is 20.2 Å². The molecule has 7 heteroatoms. The van der Waals surface area contributed by atoms with Crippen LogP contribution in [0.4, 0.5) is 11.4 Å². The molecule has 7 nitrogen and oxygen atoms in total. The summed E-state index contributed by atoms with van der Waals surface area (Å²) in [6, 6.07) is 16.2. The lowest BCUT2D eigenvalue weighted by atomic mass is 10.2. The molecule has 0 bridgehead atoms. The third-order valence-electron chi connectivity index (χ3n) is 5.90. The normalized spacial score (nSPS) is 14.1. The van der Waals surface area contributed by atoms with Crippen molar-refractivity contribution in [2.45, 2.75) is 26.3 Å². The van der Waals surface area contributed by atoms with Crippen LogP contribution >= 0.6 is 0 Å². The van der Waals surface area contributed by atoms with Crippen LogP contribution in [0.5, 0.6) is 11.6 Å². The van der Waals surface area contributed by atoms with Gasteiger partial charge in [0, 0.05) is 44.1 Å². The molecule has 0 radical (unpaired) electrons. The van der Waals surface area contributed by atoms with Gasteiger partial charge < -0.3 is 19.6 Å². The molecule has 0 atom stereocenters. The summed E-state index contributed by atoms with van der Waals surface area (Å²) in [6.07, 6.45) is 3.33. The fourth-order valence-electron chi connectivity index (χ4n) is 4.02. The number of benzene rings is 2. The molecule has 4 rings (SSSR count). The Bertz CT molecular complexity index is 1050. The first-order valence-electron chi connectivity index (χ1n) is 10.9. The molecule has 0 aliphatic carbocycles. The van der Waals surface area contributed by atoms with E-state index in [9.17, 15) is 9.90 Å². The van der Waals surface area contributed by atoms with Crippen LogP contribution in [0.15, 0.2) is 59.5 Å². The van der Waals surface area contributed by atoms with Crippen LogP contribution in [-0.4, -0.2) is 47.5 Å². The van der Waals surface area contributed by atoms with Crippen molar-refractivity contribution in [1.82, 2.24) is 9.13 Å². The molecular formula is C24H30N4O3. The summed E-state index contributed by atoms with van der Waals surface area (Å²) in [5.74, 6) is 0.882. The number of nitrogens with zero attached hydrogens (tertiary/aromatic N) is 4. The molecule has 31 heavy (non-hydrogen) atoms. The Morgan fingerprint density at radius 3 is 1.90 bits per heavy atom. The highest BCUT2D eigenvalue weighted by molar-refractivity contribution is 5.54. The van der Waals surface area contributed by atoms with Crippen molar-refractivity contribution in [2.24, 2.45) is 0 Å². The van der Waals surface area contributed by atoms with Gasteiger partial charge in [0.25, 0.3) is 0 Å². The number of rotatable bonds is 7. The largest absolute Gasteiger partial charge is 0.497 e.